The fourth-order valence-electron chi connectivity index (χ4n) is 1.45. The molecule has 0 aliphatic rings. The number of nitrogen functional groups attached to an aromatic ring is 1. The largest absolute Gasteiger partial charge is 0.396 e. The van der Waals surface area contributed by atoms with Gasteiger partial charge in [0.05, 0.1) is 21.3 Å². The number of nitrogens with two attached hydrogens (primary N) is 1. The van der Waals surface area contributed by atoms with Gasteiger partial charge < -0.3 is 5.73 Å². The summed E-state index contributed by atoms with van der Waals surface area (Å²) in [5.74, 6) is -0.790. The molecular formula is C12H9BrClFN2O2S. The SMILES string of the molecule is Nc1ccc(S(=O)(=O)Nc2ccc(Br)c(Cl)c2)cc1F. The van der Waals surface area contributed by atoms with Gasteiger partial charge in [-0.1, -0.05) is 11.6 Å². The van der Waals surface area contributed by atoms with Gasteiger partial charge in [-0.3, -0.25) is 4.72 Å². The molecule has 0 bridgehead atoms. The van der Waals surface area contributed by atoms with Gasteiger partial charge in [-0.25, -0.2) is 12.8 Å². The van der Waals surface area contributed by atoms with Gasteiger partial charge in [0.25, 0.3) is 10.0 Å². The third-order valence-corrected chi connectivity index (χ3v) is 5.07. The standard InChI is InChI=1S/C12H9BrClFN2O2S/c13-9-3-1-7(5-10(9)14)17-20(18,19)8-2-4-12(16)11(15)6-8/h1-6,17H,16H2. The lowest BCUT2D eigenvalue weighted by molar-refractivity contribution is 0.596. The van der Waals surface area contributed by atoms with E-state index >= 15 is 0 Å². The molecule has 0 saturated heterocycles. The van der Waals surface area contributed by atoms with Gasteiger partial charge in [0.2, 0.25) is 0 Å². The number of rotatable bonds is 3. The zero-order chi connectivity index (χ0) is 14.9. The molecular weight excluding hydrogens is 371 g/mol. The van der Waals surface area contributed by atoms with Crippen molar-refractivity contribution in [3.63, 3.8) is 0 Å². The van der Waals surface area contributed by atoms with Crippen molar-refractivity contribution in [2.24, 2.45) is 0 Å². The van der Waals surface area contributed by atoms with Gasteiger partial charge in [-0.2, -0.15) is 0 Å². The molecule has 0 unspecified atom stereocenters. The smallest absolute Gasteiger partial charge is 0.261 e. The molecule has 0 aromatic heterocycles. The number of sulfonamides is 1. The summed E-state index contributed by atoms with van der Waals surface area (Å²) in [6.07, 6.45) is 0. The van der Waals surface area contributed by atoms with Crippen LogP contribution in [0.15, 0.2) is 45.8 Å². The highest BCUT2D eigenvalue weighted by atomic mass is 79.9. The molecule has 0 heterocycles. The number of benzene rings is 2. The van der Waals surface area contributed by atoms with Crippen LogP contribution in [0, 0.1) is 5.82 Å². The van der Waals surface area contributed by atoms with E-state index in [9.17, 15) is 12.8 Å². The van der Waals surface area contributed by atoms with E-state index in [0.29, 0.717) is 9.50 Å². The number of anilines is 2. The average molecular weight is 380 g/mol. The molecule has 0 spiro atoms. The summed E-state index contributed by atoms with van der Waals surface area (Å²) in [6.45, 7) is 0. The first-order chi connectivity index (χ1) is 9.29. The lowest BCUT2D eigenvalue weighted by atomic mass is 10.3. The first-order valence-electron chi connectivity index (χ1n) is 5.32. The Balaban J connectivity index is 2.35. The summed E-state index contributed by atoms with van der Waals surface area (Å²) in [5, 5.41) is 0.355. The second-order valence-electron chi connectivity index (χ2n) is 3.92. The zero-order valence-electron chi connectivity index (χ0n) is 9.90. The van der Waals surface area contributed by atoms with Crippen molar-refractivity contribution in [2.45, 2.75) is 4.90 Å². The van der Waals surface area contributed by atoms with Gasteiger partial charge in [-0.15, -0.1) is 0 Å². The van der Waals surface area contributed by atoms with Crippen LogP contribution in [0.3, 0.4) is 0 Å². The first kappa shape index (κ1) is 15.1. The van der Waals surface area contributed by atoms with Crippen molar-refractivity contribution in [3.8, 4) is 0 Å². The molecule has 4 nitrogen and oxygen atoms in total. The predicted octanol–water partition coefficient (Wildman–Crippen LogP) is 3.62. The fraction of sp³-hybridized carbons (Fsp3) is 0. The second kappa shape index (κ2) is 5.59. The van der Waals surface area contributed by atoms with Crippen LogP contribution in [-0.4, -0.2) is 8.42 Å². The molecule has 8 heteroatoms. The van der Waals surface area contributed by atoms with E-state index in [-0.39, 0.29) is 16.3 Å². The van der Waals surface area contributed by atoms with E-state index in [1.54, 1.807) is 6.07 Å². The molecule has 2 aromatic carbocycles. The van der Waals surface area contributed by atoms with Gasteiger partial charge in [0, 0.05) is 4.47 Å². The van der Waals surface area contributed by atoms with Crippen LogP contribution in [0.2, 0.25) is 5.02 Å². The Hall–Kier alpha value is -1.31. The van der Waals surface area contributed by atoms with E-state index < -0.39 is 15.8 Å². The summed E-state index contributed by atoms with van der Waals surface area (Å²) in [5.41, 5.74) is 5.47. The summed E-state index contributed by atoms with van der Waals surface area (Å²) in [7, 11) is -3.90. The van der Waals surface area contributed by atoms with Crippen molar-refractivity contribution in [2.75, 3.05) is 10.5 Å². The molecule has 3 N–H and O–H groups in total. The van der Waals surface area contributed by atoms with Crippen molar-refractivity contribution in [1.82, 2.24) is 0 Å². The van der Waals surface area contributed by atoms with E-state index in [0.717, 1.165) is 6.07 Å². The minimum atomic E-state index is -3.90. The van der Waals surface area contributed by atoms with Crippen molar-refractivity contribution in [1.29, 1.82) is 0 Å². The Kier molecular flexibility index (Phi) is 4.22. The molecule has 0 aliphatic carbocycles. The normalized spacial score (nSPS) is 11.3. The van der Waals surface area contributed by atoms with Gasteiger partial charge in [0.1, 0.15) is 5.82 Å². The van der Waals surface area contributed by atoms with Crippen molar-refractivity contribution in [3.05, 3.63) is 51.7 Å². The predicted molar refractivity (Wildman–Crippen MR) is 80.8 cm³/mol. The Morgan fingerprint density at radius 3 is 2.50 bits per heavy atom. The molecule has 0 fully saturated rings. The van der Waals surface area contributed by atoms with E-state index in [4.69, 9.17) is 17.3 Å². The molecule has 0 saturated carbocycles. The van der Waals surface area contributed by atoms with Crippen LogP contribution in [0.1, 0.15) is 0 Å². The lowest BCUT2D eigenvalue weighted by Crippen LogP contribution is -2.13. The van der Waals surface area contributed by atoms with Crippen LogP contribution in [0.5, 0.6) is 0 Å². The molecule has 0 atom stereocenters. The molecule has 106 valence electrons. The Morgan fingerprint density at radius 2 is 1.90 bits per heavy atom. The Morgan fingerprint density at radius 1 is 1.20 bits per heavy atom. The summed E-state index contributed by atoms with van der Waals surface area (Å²) < 4.78 is 40.4. The lowest BCUT2D eigenvalue weighted by Gasteiger charge is -2.09. The van der Waals surface area contributed by atoms with Gasteiger partial charge in [-0.05, 0) is 52.3 Å². The summed E-state index contributed by atoms with van der Waals surface area (Å²) >= 11 is 9.08. The number of nitrogens with one attached hydrogen (secondary N) is 1. The number of hydrogen-bond acceptors (Lipinski definition) is 3. The highest BCUT2D eigenvalue weighted by molar-refractivity contribution is 9.10. The molecule has 20 heavy (non-hydrogen) atoms. The molecule has 0 aliphatic heterocycles. The van der Waals surface area contributed by atoms with E-state index in [1.165, 1.54) is 24.3 Å². The molecule has 2 aromatic rings. The van der Waals surface area contributed by atoms with Crippen LogP contribution >= 0.6 is 27.5 Å². The Labute approximate surface area is 128 Å². The molecule has 0 radical (unpaired) electrons. The van der Waals surface area contributed by atoms with Crippen LogP contribution in [0.4, 0.5) is 15.8 Å². The quantitative estimate of drug-likeness (QED) is 0.800. The zero-order valence-corrected chi connectivity index (χ0v) is 13.1. The number of halogens is 3. The fourth-order valence-corrected chi connectivity index (χ4v) is 2.94. The van der Waals surface area contributed by atoms with E-state index in [1.807, 2.05) is 0 Å². The summed E-state index contributed by atoms with van der Waals surface area (Å²) in [6, 6.07) is 7.85. The maximum absolute atomic E-state index is 13.3. The first-order valence-corrected chi connectivity index (χ1v) is 7.98. The average Bonchev–Trinajstić information content (AvgIpc) is 2.37. The van der Waals surface area contributed by atoms with Crippen LogP contribution < -0.4 is 10.5 Å². The van der Waals surface area contributed by atoms with Crippen molar-refractivity contribution >= 4 is 48.9 Å². The summed E-state index contributed by atoms with van der Waals surface area (Å²) in [4.78, 5) is -0.219. The third kappa shape index (κ3) is 3.23. The minimum absolute atomic E-state index is 0.115. The van der Waals surface area contributed by atoms with Crippen LogP contribution in [0.25, 0.3) is 0 Å². The monoisotopic (exact) mass is 378 g/mol. The van der Waals surface area contributed by atoms with Crippen molar-refractivity contribution < 1.29 is 12.8 Å². The molecule has 0 amide bonds. The minimum Gasteiger partial charge on any atom is -0.396 e. The van der Waals surface area contributed by atoms with Gasteiger partial charge in [0.15, 0.2) is 0 Å². The molecule has 2 rings (SSSR count). The van der Waals surface area contributed by atoms with Crippen LogP contribution in [-0.2, 0) is 10.0 Å². The maximum atomic E-state index is 13.3. The van der Waals surface area contributed by atoms with E-state index in [2.05, 4.69) is 20.7 Å². The highest BCUT2D eigenvalue weighted by Crippen LogP contribution is 2.27. The number of hydrogen-bond donors (Lipinski definition) is 2. The van der Waals surface area contributed by atoms with Gasteiger partial charge >= 0.3 is 0 Å². The topological polar surface area (TPSA) is 72.2 Å². The second-order valence-corrected chi connectivity index (χ2v) is 6.86. The Bertz CT molecular complexity index is 768. The third-order valence-electron chi connectivity index (χ3n) is 2.45. The highest BCUT2D eigenvalue weighted by Gasteiger charge is 2.16. The maximum Gasteiger partial charge on any atom is 0.261 e.